The molecule has 0 spiro atoms. The van der Waals surface area contributed by atoms with Crippen LogP contribution in [0.5, 0.6) is 0 Å². The van der Waals surface area contributed by atoms with Crippen molar-refractivity contribution in [3.8, 4) is 0 Å². The van der Waals surface area contributed by atoms with Crippen LogP contribution in [0.15, 0.2) is 36.5 Å². The maximum atomic E-state index is 12.9. The van der Waals surface area contributed by atoms with Crippen LogP contribution in [-0.2, 0) is 18.4 Å². The van der Waals surface area contributed by atoms with Gasteiger partial charge in [0.15, 0.2) is 0 Å². The minimum absolute atomic E-state index is 0.00353. The number of likely N-dealkylation sites (N-methyl/N-ethyl adjacent to an activating group) is 1. The van der Waals surface area contributed by atoms with Gasteiger partial charge in [-0.3, -0.25) is 9.36 Å². The van der Waals surface area contributed by atoms with E-state index in [9.17, 15) is 19.4 Å². The molecule has 0 aliphatic rings. The molecular formula is C49H95N2O6P. The summed E-state index contributed by atoms with van der Waals surface area (Å²) in [6.07, 6.45) is 50.5. The highest BCUT2D eigenvalue weighted by molar-refractivity contribution is 7.45. The van der Waals surface area contributed by atoms with Gasteiger partial charge in [-0.1, -0.05) is 204 Å². The first-order chi connectivity index (χ1) is 28.0. The van der Waals surface area contributed by atoms with Crippen molar-refractivity contribution in [1.29, 1.82) is 0 Å². The number of nitrogens with zero attached hydrogens (tertiary/aromatic N) is 1. The summed E-state index contributed by atoms with van der Waals surface area (Å²) in [6, 6.07) is -0.891. The van der Waals surface area contributed by atoms with Gasteiger partial charge in [-0.15, -0.1) is 0 Å². The first kappa shape index (κ1) is 56.7. The van der Waals surface area contributed by atoms with E-state index < -0.39 is 20.0 Å². The second-order valence-corrected chi connectivity index (χ2v) is 19.3. The molecule has 0 aromatic carbocycles. The Morgan fingerprint density at radius 2 is 0.983 bits per heavy atom. The molecule has 8 nitrogen and oxygen atoms in total. The number of hydrogen-bond acceptors (Lipinski definition) is 6. The molecule has 3 atom stereocenters. The summed E-state index contributed by atoms with van der Waals surface area (Å²) in [4.78, 5) is 25.3. The Labute approximate surface area is 359 Å². The van der Waals surface area contributed by atoms with Crippen LogP contribution in [0.1, 0.15) is 219 Å². The zero-order chi connectivity index (χ0) is 42.8. The predicted octanol–water partition coefficient (Wildman–Crippen LogP) is 13.2. The van der Waals surface area contributed by atoms with Crippen LogP contribution in [0.2, 0.25) is 0 Å². The Morgan fingerprint density at radius 3 is 1.43 bits per heavy atom. The zero-order valence-electron chi connectivity index (χ0n) is 38.8. The third-order valence-corrected chi connectivity index (χ3v) is 11.8. The van der Waals surface area contributed by atoms with Gasteiger partial charge in [0.1, 0.15) is 13.2 Å². The molecular weight excluding hydrogens is 744 g/mol. The molecule has 1 amide bonds. The largest absolute Gasteiger partial charge is 0.756 e. The van der Waals surface area contributed by atoms with E-state index in [1.54, 1.807) is 6.08 Å². The van der Waals surface area contributed by atoms with Gasteiger partial charge in [0.2, 0.25) is 5.91 Å². The van der Waals surface area contributed by atoms with Gasteiger partial charge in [0.05, 0.1) is 39.9 Å². The Morgan fingerprint density at radius 1 is 0.603 bits per heavy atom. The molecule has 0 saturated carbocycles. The predicted molar refractivity (Wildman–Crippen MR) is 247 cm³/mol. The standard InChI is InChI=1S/C49H95N2O6P/c1-6-8-10-12-14-16-18-20-22-23-24-25-26-27-29-30-32-34-36-38-40-42-48(52)47(46-57-58(54,55)56-45-44-51(3,4)5)50-49(53)43-41-39-37-35-33-31-28-21-19-17-15-13-11-9-7-2/h15,17,19,21,40,42,47-48,52H,6-14,16,18,20,22-39,41,43-46H2,1-5H3,(H-,50,53,54,55)/b17-15-,21-19-,42-40+. The van der Waals surface area contributed by atoms with Crippen LogP contribution in [0.4, 0.5) is 0 Å². The molecule has 0 rings (SSSR count). The number of rotatable bonds is 44. The SMILES string of the molecule is CCCCC/C=C\C=C/CCCCCCCCC(=O)NC(COP(=O)([O-])OCC[N+](C)(C)C)C(O)/C=C/CCCCCCCCCCCCCCCCCCCCC. The van der Waals surface area contributed by atoms with E-state index in [1.165, 1.54) is 141 Å². The summed E-state index contributed by atoms with van der Waals surface area (Å²) < 4.78 is 23.2. The van der Waals surface area contributed by atoms with Gasteiger partial charge in [-0.05, 0) is 44.9 Å². The maximum absolute atomic E-state index is 12.9. The summed E-state index contributed by atoms with van der Waals surface area (Å²) >= 11 is 0. The molecule has 0 aromatic heterocycles. The van der Waals surface area contributed by atoms with Crippen molar-refractivity contribution in [1.82, 2.24) is 5.32 Å². The molecule has 9 heteroatoms. The number of unbranched alkanes of at least 4 members (excludes halogenated alkanes) is 28. The molecule has 342 valence electrons. The van der Waals surface area contributed by atoms with E-state index in [1.807, 2.05) is 27.2 Å². The van der Waals surface area contributed by atoms with Crippen molar-refractivity contribution in [3.05, 3.63) is 36.5 Å². The Hall–Kier alpha value is -1.28. The summed E-state index contributed by atoms with van der Waals surface area (Å²) in [6.45, 7) is 4.62. The molecule has 0 bridgehead atoms. The number of aliphatic hydroxyl groups excluding tert-OH is 1. The highest BCUT2D eigenvalue weighted by atomic mass is 31.2. The van der Waals surface area contributed by atoms with Gasteiger partial charge >= 0.3 is 0 Å². The van der Waals surface area contributed by atoms with Gasteiger partial charge in [-0.25, -0.2) is 0 Å². The molecule has 2 N–H and O–H groups in total. The molecule has 3 unspecified atom stereocenters. The van der Waals surface area contributed by atoms with E-state index in [0.717, 1.165) is 57.8 Å². The number of allylic oxidation sites excluding steroid dienone is 5. The van der Waals surface area contributed by atoms with Crippen LogP contribution in [-0.4, -0.2) is 68.5 Å². The highest BCUT2D eigenvalue weighted by Gasteiger charge is 2.23. The molecule has 0 aromatic rings. The van der Waals surface area contributed by atoms with Gasteiger partial charge in [0.25, 0.3) is 7.82 Å². The fourth-order valence-electron chi connectivity index (χ4n) is 6.97. The summed E-state index contributed by atoms with van der Waals surface area (Å²) in [5, 5.41) is 13.8. The fourth-order valence-corrected chi connectivity index (χ4v) is 7.69. The smallest absolute Gasteiger partial charge is 0.268 e. The van der Waals surface area contributed by atoms with Crippen molar-refractivity contribution >= 4 is 13.7 Å². The van der Waals surface area contributed by atoms with E-state index in [-0.39, 0.29) is 19.1 Å². The lowest BCUT2D eigenvalue weighted by Crippen LogP contribution is -2.45. The number of carbonyl (C=O) groups excluding carboxylic acids is 1. The van der Waals surface area contributed by atoms with E-state index in [0.29, 0.717) is 17.4 Å². The number of aliphatic hydroxyl groups is 1. The molecule has 0 aliphatic heterocycles. The number of amides is 1. The third-order valence-electron chi connectivity index (χ3n) is 10.9. The molecule has 58 heavy (non-hydrogen) atoms. The number of quaternary nitrogens is 1. The normalized spacial score (nSPS) is 14.5. The highest BCUT2D eigenvalue weighted by Crippen LogP contribution is 2.38. The van der Waals surface area contributed by atoms with Gasteiger partial charge in [-0.2, -0.15) is 0 Å². The first-order valence-corrected chi connectivity index (χ1v) is 25.8. The molecule has 0 heterocycles. The van der Waals surface area contributed by atoms with Crippen molar-refractivity contribution in [2.75, 3.05) is 40.9 Å². The quantitative estimate of drug-likeness (QED) is 0.0208. The maximum Gasteiger partial charge on any atom is 0.268 e. The lowest BCUT2D eigenvalue weighted by Gasteiger charge is -2.29. The molecule has 0 aliphatic carbocycles. The lowest BCUT2D eigenvalue weighted by molar-refractivity contribution is -0.870. The number of hydrogen-bond donors (Lipinski definition) is 2. The van der Waals surface area contributed by atoms with E-state index in [2.05, 4.69) is 43.5 Å². The Balaban J connectivity index is 4.35. The number of phosphoric acid groups is 1. The number of nitrogens with one attached hydrogen (secondary N) is 1. The van der Waals surface area contributed by atoms with Crippen LogP contribution in [0.3, 0.4) is 0 Å². The summed E-state index contributed by atoms with van der Waals surface area (Å²) in [7, 11) is 1.25. The van der Waals surface area contributed by atoms with Crippen LogP contribution >= 0.6 is 7.82 Å². The topological polar surface area (TPSA) is 108 Å². The number of phosphoric ester groups is 1. The Kier molecular flexibility index (Phi) is 40.2. The average molecular weight is 839 g/mol. The van der Waals surface area contributed by atoms with E-state index >= 15 is 0 Å². The lowest BCUT2D eigenvalue weighted by atomic mass is 10.0. The van der Waals surface area contributed by atoms with Crippen LogP contribution in [0, 0.1) is 0 Å². The monoisotopic (exact) mass is 839 g/mol. The second-order valence-electron chi connectivity index (χ2n) is 17.8. The van der Waals surface area contributed by atoms with Crippen molar-refractivity contribution < 1.29 is 32.9 Å². The molecule has 0 radical (unpaired) electrons. The zero-order valence-corrected chi connectivity index (χ0v) is 39.6. The van der Waals surface area contributed by atoms with Gasteiger partial charge < -0.3 is 28.8 Å². The molecule has 0 fully saturated rings. The van der Waals surface area contributed by atoms with E-state index in [4.69, 9.17) is 9.05 Å². The summed E-state index contributed by atoms with van der Waals surface area (Å²) in [5.41, 5.74) is 0. The van der Waals surface area contributed by atoms with Crippen molar-refractivity contribution in [3.63, 3.8) is 0 Å². The minimum atomic E-state index is -4.59. The second kappa shape index (κ2) is 41.1. The first-order valence-electron chi connectivity index (χ1n) is 24.4. The van der Waals surface area contributed by atoms with Crippen molar-refractivity contribution in [2.24, 2.45) is 0 Å². The summed E-state index contributed by atoms with van der Waals surface area (Å²) in [5.74, 6) is -0.209. The van der Waals surface area contributed by atoms with Crippen LogP contribution < -0.4 is 10.2 Å². The van der Waals surface area contributed by atoms with Crippen molar-refractivity contribution in [2.45, 2.75) is 231 Å². The van der Waals surface area contributed by atoms with Gasteiger partial charge in [0, 0.05) is 6.42 Å². The average Bonchev–Trinajstić information content (AvgIpc) is 3.17. The number of carbonyl (C=O) groups is 1. The Bertz CT molecular complexity index is 1040. The molecule has 0 saturated heterocycles. The fraction of sp³-hybridized carbons (Fsp3) is 0.857. The minimum Gasteiger partial charge on any atom is -0.756 e. The third kappa shape index (κ3) is 42.8. The van der Waals surface area contributed by atoms with Crippen LogP contribution in [0.25, 0.3) is 0 Å².